The molecule has 168 valence electrons. The summed E-state index contributed by atoms with van der Waals surface area (Å²) in [5, 5.41) is 3.96. The van der Waals surface area contributed by atoms with E-state index in [2.05, 4.69) is 10.0 Å². The van der Waals surface area contributed by atoms with Gasteiger partial charge < -0.3 is 10.1 Å². The van der Waals surface area contributed by atoms with Crippen LogP contribution >= 0.6 is 34.8 Å². The molecule has 0 bridgehead atoms. The van der Waals surface area contributed by atoms with Gasteiger partial charge in [-0.25, -0.2) is 8.42 Å². The van der Waals surface area contributed by atoms with Crippen LogP contribution in [-0.4, -0.2) is 20.9 Å². The normalized spacial score (nSPS) is 12.1. The first-order chi connectivity index (χ1) is 15.1. The van der Waals surface area contributed by atoms with Gasteiger partial charge in [0.1, 0.15) is 5.75 Å². The van der Waals surface area contributed by atoms with E-state index in [1.54, 1.807) is 36.4 Å². The molecule has 0 fully saturated rings. The van der Waals surface area contributed by atoms with Crippen molar-refractivity contribution in [2.24, 2.45) is 0 Å². The van der Waals surface area contributed by atoms with Gasteiger partial charge in [0.15, 0.2) is 6.61 Å². The van der Waals surface area contributed by atoms with E-state index in [0.717, 1.165) is 5.56 Å². The zero-order valence-electron chi connectivity index (χ0n) is 16.8. The van der Waals surface area contributed by atoms with Crippen molar-refractivity contribution in [2.45, 2.75) is 17.9 Å². The minimum Gasteiger partial charge on any atom is -0.482 e. The van der Waals surface area contributed by atoms with Crippen LogP contribution in [0, 0.1) is 0 Å². The molecule has 0 saturated carbocycles. The quantitative estimate of drug-likeness (QED) is 0.404. The third kappa shape index (κ3) is 6.53. The van der Waals surface area contributed by atoms with E-state index in [1.807, 2.05) is 19.1 Å². The van der Waals surface area contributed by atoms with E-state index >= 15 is 0 Å². The maximum Gasteiger partial charge on any atom is 0.261 e. The fraction of sp³-hybridized carbons (Fsp3) is 0.136. The van der Waals surface area contributed by atoms with E-state index in [4.69, 9.17) is 39.5 Å². The van der Waals surface area contributed by atoms with Crippen LogP contribution < -0.4 is 14.8 Å². The summed E-state index contributed by atoms with van der Waals surface area (Å²) in [6.07, 6.45) is 0. The number of sulfonamides is 1. The van der Waals surface area contributed by atoms with Crippen molar-refractivity contribution in [3.05, 3.63) is 87.4 Å². The Kier molecular flexibility index (Phi) is 7.90. The highest BCUT2D eigenvalue weighted by Crippen LogP contribution is 2.28. The van der Waals surface area contributed by atoms with Gasteiger partial charge in [-0.2, -0.15) is 0 Å². The molecule has 0 saturated heterocycles. The summed E-state index contributed by atoms with van der Waals surface area (Å²) in [5.74, 6) is -0.170. The first-order valence-corrected chi connectivity index (χ1v) is 12.0. The number of halogens is 3. The van der Waals surface area contributed by atoms with Gasteiger partial charge in [-0.1, -0.05) is 46.9 Å². The topological polar surface area (TPSA) is 84.5 Å². The van der Waals surface area contributed by atoms with Crippen LogP contribution in [-0.2, 0) is 14.8 Å². The van der Waals surface area contributed by atoms with E-state index in [9.17, 15) is 13.2 Å². The van der Waals surface area contributed by atoms with Gasteiger partial charge in [-0.15, -0.1) is 0 Å². The van der Waals surface area contributed by atoms with Gasteiger partial charge in [0, 0.05) is 15.7 Å². The summed E-state index contributed by atoms with van der Waals surface area (Å²) in [7, 11) is -3.87. The number of benzene rings is 3. The first kappa shape index (κ1) is 24.2. The van der Waals surface area contributed by atoms with Gasteiger partial charge in [-0.3, -0.25) is 9.52 Å². The van der Waals surface area contributed by atoms with Crippen molar-refractivity contribution in [3.63, 3.8) is 0 Å². The Balaban J connectivity index is 1.60. The lowest BCUT2D eigenvalue weighted by atomic mass is 10.1. The minimum absolute atomic E-state index is 0.0504. The van der Waals surface area contributed by atoms with Gasteiger partial charge in [-0.05, 0) is 67.1 Å². The SMILES string of the molecule is C[C@H](NC(=O)COc1ccc(S(=O)(=O)Nc2ccc(Cl)cc2)cc1Cl)c1ccc(Cl)cc1. The summed E-state index contributed by atoms with van der Waals surface area (Å²) < 4.78 is 33.1. The predicted molar refractivity (Wildman–Crippen MR) is 127 cm³/mol. The number of nitrogens with one attached hydrogen (secondary N) is 2. The minimum atomic E-state index is -3.87. The molecule has 0 aliphatic rings. The Hall–Kier alpha value is -2.45. The van der Waals surface area contributed by atoms with Crippen LogP contribution in [0.1, 0.15) is 18.5 Å². The molecule has 10 heteroatoms. The van der Waals surface area contributed by atoms with Crippen LogP contribution in [0.25, 0.3) is 0 Å². The Bertz CT molecular complexity index is 1200. The van der Waals surface area contributed by atoms with Crippen molar-refractivity contribution in [1.82, 2.24) is 5.32 Å². The average Bonchev–Trinajstić information content (AvgIpc) is 2.74. The molecule has 0 heterocycles. The van der Waals surface area contributed by atoms with E-state index < -0.39 is 10.0 Å². The highest BCUT2D eigenvalue weighted by Gasteiger charge is 2.17. The van der Waals surface area contributed by atoms with Gasteiger partial charge in [0.25, 0.3) is 15.9 Å². The van der Waals surface area contributed by atoms with Crippen LogP contribution in [0.5, 0.6) is 5.75 Å². The molecule has 0 spiro atoms. The second kappa shape index (κ2) is 10.4. The number of hydrogen-bond acceptors (Lipinski definition) is 4. The molecule has 0 aliphatic heterocycles. The first-order valence-electron chi connectivity index (χ1n) is 9.39. The Morgan fingerprint density at radius 3 is 2.12 bits per heavy atom. The zero-order valence-corrected chi connectivity index (χ0v) is 19.9. The van der Waals surface area contributed by atoms with Crippen molar-refractivity contribution in [3.8, 4) is 5.75 Å². The lowest BCUT2D eigenvalue weighted by Gasteiger charge is -2.15. The van der Waals surface area contributed by atoms with Crippen LogP contribution in [0.3, 0.4) is 0 Å². The summed E-state index contributed by atoms with van der Waals surface area (Å²) in [6, 6.07) is 17.1. The highest BCUT2D eigenvalue weighted by atomic mass is 35.5. The number of hydrogen-bond donors (Lipinski definition) is 2. The van der Waals surface area contributed by atoms with Gasteiger partial charge in [0.2, 0.25) is 0 Å². The van der Waals surface area contributed by atoms with Crippen molar-refractivity contribution < 1.29 is 17.9 Å². The molecule has 6 nitrogen and oxygen atoms in total. The maximum absolute atomic E-state index is 12.6. The van der Waals surface area contributed by atoms with Crippen LogP contribution in [0.15, 0.2) is 71.6 Å². The third-order valence-corrected chi connectivity index (χ3v) is 6.59. The molecule has 0 unspecified atom stereocenters. The largest absolute Gasteiger partial charge is 0.482 e. The fourth-order valence-corrected chi connectivity index (χ4v) is 4.40. The summed E-state index contributed by atoms with van der Waals surface area (Å²) in [6.45, 7) is 1.55. The molecule has 1 atom stereocenters. The molecule has 0 radical (unpaired) electrons. The number of carbonyl (C=O) groups is 1. The van der Waals surface area contributed by atoms with Crippen LogP contribution in [0.4, 0.5) is 5.69 Å². The number of amides is 1. The molecule has 1 amide bonds. The number of ether oxygens (including phenoxy) is 1. The molecule has 3 aromatic rings. The molecule has 0 aromatic heterocycles. The van der Waals surface area contributed by atoms with E-state index in [-0.39, 0.29) is 34.2 Å². The average molecular weight is 514 g/mol. The molecule has 2 N–H and O–H groups in total. The molecule has 3 aromatic carbocycles. The van der Waals surface area contributed by atoms with Crippen molar-refractivity contribution >= 4 is 56.4 Å². The Morgan fingerprint density at radius 2 is 1.53 bits per heavy atom. The second-order valence-corrected chi connectivity index (χ2v) is 9.80. The van der Waals surface area contributed by atoms with Gasteiger partial charge in [0.05, 0.1) is 16.0 Å². The standard InChI is InChI=1S/C22H19Cl3N2O4S/c1-14(15-2-4-16(23)5-3-15)26-22(28)13-31-21-11-10-19(12-20(21)25)32(29,30)27-18-8-6-17(24)7-9-18/h2-12,14,27H,13H2,1H3,(H,26,28)/t14-/m0/s1. The molecule has 3 rings (SSSR count). The lowest BCUT2D eigenvalue weighted by molar-refractivity contribution is -0.123. The second-order valence-electron chi connectivity index (χ2n) is 6.83. The smallest absolute Gasteiger partial charge is 0.261 e. The van der Waals surface area contributed by atoms with Crippen LogP contribution in [0.2, 0.25) is 15.1 Å². The molecular formula is C22H19Cl3N2O4S. The lowest BCUT2D eigenvalue weighted by Crippen LogP contribution is -2.31. The molecule has 0 aliphatic carbocycles. The number of anilines is 1. The highest BCUT2D eigenvalue weighted by molar-refractivity contribution is 7.92. The number of rotatable bonds is 8. The van der Waals surface area contributed by atoms with Crippen molar-refractivity contribution in [1.29, 1.82) is 0 Å². The monoisotopic (exact) mass is 512 g/mol. The molecular weight excluding hydrogens is 495 g/mol. The summed E-state index contributed by atoms with van der Waals surface area (Å²) >= 11 is 17.9. The molecule has 32 heavy (non-hydrogen) atoms. The van der Waals surface area contributed by atoms with E-state index in [1.165, 1.54) is 18.2 Å². The van der Waals surface area contributed by atoms with E-state index in [0.29, 0.717) is 15.7 Å². The predicted octanol–water partition coefficient (Wildman–Crippen LogP) is 5.70. The Morgan fingerprint density at radius 1 is 0.938 bits per heavy atom. The maximum atomic E-state index is 12.6. The fourth-order valence-electron chi connectivity index (χ4n) is 2.76. The summed E-state index contributed by atoms with van der Waals surface area (Å²) in [5.41, 5.74) is 1.25. The summed E-state index contributed by atoms with van der Waals surface area (Å²) in [4.78, 5) is 12.2. The third-order valence-electron chi connectivity index (χ3n) is 4.42. The van der Waals surface area contributed by atoms with Crippen molar-refractivity contribution in [2.75, 3.05) is 11.3 Å². The Labute approximate surface area is 201 Å². The zero-order chi connectivity index (χ0) is 23.3. The van der Waals surface area contributed by atoms with Gasteiger partial charge >= 0.3 is 0 Å². The number of carbonyl (C=O) groups excluding carboxylic acids is 1.